The van der Waals surface area contributed by atoms with Gasteiger partial charge < -0.3 is 14.2 Å². The Bertz CT molecular complexity index is 424. The van der Waals surface area contributed by atoms with E-state index in [1.165, 1.54) is 0 Å². The van der Waals surface area contributed by atoms with Crippen molar-refractivity contribution >= 4 is 22.6 Å². The third kappa shape index (κ3) is 3.56. The summed E-state index contributed by atoms with van der Waals surface area (Å²) >= 11 is 2.16. The molecule has 2 rings (SSSR count). The lowest BCUT2D eigenvalue weighted by Crippen LogP contribution is -2.12. The number of hydrogen-bond acceptors (Lipinski definition) is 4. The molecule has 0 bridgehead atoms. The molecule has 0 aliphatic carbocycles. The Morgan fingerprint density at radius 1 is 1.41 bits per heavy atom. The topological polar surface area (TPSA) is 51.5 Å². The summed E-state index contributed by atoms with van der Waals surface area (Å²) in [6.45, 7) is 1.88. The molecule has 0 spiro atoms. The van der Waals surface area contributed by atoms with Crippen molar-refractivity contribution in [3.05, 3.63) is 27.3 Å². The van der Waals surface area contributed by atoms with Gasteiger partial charge in [-0.15, -0.1) is 0 Å². The fraction of sp³-hybridized carbons (Fsp3) is 0.417. The highest BCUT2D eigenvalue weighted by molar-refractivity contribution is 14.1. The van der Waals surface area contributed by atoms with Crippen LogP contribution in [0.4, 0.5) is 0 Å². The Morgan fingerprint density at radius 3 is 2.82 bits per heavy atom. The summed E-state index contributed by atoms with van der Waals surface area (Å²) in [6.07, 6.45) is 0.585. The van der Waals surface area contributed by atoms with Crippen LogP contribution in [0.1, 0.15) is 12.0 Å². The number of ether oxygens (including phenoxy) is 3. The Morgan fingerprint density at radius 2 is 2.18 bits per heavy atom. The van der Waals surface area contributed by atoms with E-state index in [0.29, 0.717) is 25.4 Å². The minimum atomic E-state index is -0.133. The molecule has 0 aromatic heterocycles. The SMILES string of the molecule is N#Cc1ccc(OCCC2OCCO2)c(I)c1. The van der Waals surface area contributed by atoms with Crippen molar-refractivity contribution in [3.8, 4) is 11.8 Å². The van der Waals surface area contributed by atoms with Gasteiger partial charge in [0.2, 0.25) is 0 Å². The molecule has 1 aliphatic heterocycles. The van der Waals surface area contributed by atoms with E-state index in [-0.39, 0.29) is 6.29 Å². The highest BCUT2D eigenvalue weighted by atomic mass is 127. The highest BCUT2D eigenvalue weighted by Gasteiger charge is 2.15. The molecule has 1 fully saturated rings. The zero-order valence-electron chi connectivity index (χ0n) is 9.19. The van der Waals surface area contributed by atoms with Crippen molar-refractivity contribution in [1.29, 1.82) is 5.26 Å². The number of nitrogens with zero attached hydrogens (tertiary/aromatic N) is 1. The van der Waals surface area contributed by atoms with Crippen molar-refractivity contribution < 1.29 is 14.2 Å². The molecule has 1 heterocycles. The van der Waals surface area contributed by atoms with Gasteiger partial charge in [-0.2, -0.15) is 5.26 Å². The van der Waals surface area contributed by atoms with Crippen molar-refractivity contribution in [2.24, 2.45) is 0 Å². The normalized spacial score (nSPS) is 15.8. The molecule has 1 aromatic carbocycles. The third-order valence-electron chi connectivity index (χ3n) is 2.36. The summed E-state index contributed by atoms with van der Waals surface area (Å²) in [6, 6.07) is 7.47. The first kappa shape index (κ1) is 12.6. The molecule has 1 aromatic rings. The van der Waals surface area contributed by atoms with Crippen LogP contribution < -0.4 is 4.74 Å². The summed E-state index contributed by atoms with van der Waals surface area (Å²) < 4.78 is 17.2. The van der Waals surface area contributed by atoms with Crippen molar-refractivity contribution in [2.45, 2.75) is 12.7 Å². The van der Waals surface area contributed by atoms with Crippen LogP contribution in [0, 0.1) is 14.9 Å². The largest absolute Gasteiger partial charge is 0.492 e. The second-order valence-electron chi connectivity index (χ2n) is 3.57. The van der Waals surface area contributed by atoms with Gasteiger partial charge in [-0.25, -0.2) is 0 Å². The van der Waals surface area contributed by atoms with Gasteiger partial charge in [-0.05, 0) is 40.8 Å². The van der Waals surface area contributed by atoms with Gasteiger partial charge in [-0.3, -0.25) is 0 Å². The number of nitriles is 1. The molecule has 5 heteroatoms. The summed E-state index contributed by atoms with van der Waals surface area (Å²) in [7, 11) is 0. The molecule has 1 aliphatic rings. The second-order valence-corrected chi connectivity index (χ2v) is 4.73. The van der Waals surface area contributed by atoms with E-state index in [4.69, 9.17) is 19.5 Å². The van der Waals surface area contributed by atoms with E-state index in [1.54, 1.807) is 12.1 Å². The third-order valence-corrected chi connectivity index (χ3v) is 3.21. The summed E-state index contributed by atoms with van der Waals surface area (Å²) in [5.74, 6) is 0.794. The fourth-order valence-corrected chi connectivity index (χ4v) is 2.20. The lowest BCUT2D eigenvalue weighted by Gasteiger charge is -2.11. The average Bonchev–Trinajstić information content (AvgIpc) is 2.84. The molecule has 4 nitrogen and oxygen atoms in total. The molecule has 0 radical (unpaired) electrons. The van der Waals surface area contributed by atoms with Gasteiger partial charge in [0, 0.05) is 6.42 Å². The average molecular weight is 345 g/mol. The van der Waals surface area contributed by atoms with Crippen molar-refractivity contribution in [2.75, 3.05) is 19.8 Å². The predicted molar refractivity (Wildman–Crippen MR) is 69.7 cm³/mol. The molecule has 1 saturated heterocycles. The van der Waals surface area contributed by atoms with Crippen LogP contribution in [0.15, 0.2) is 18.2 Å². The molecule has 0 saturated carbocycles. The van der Waals surface area contributed by atoms with Gasteiger partial charge in [-0.1, -0.05) is 0 Å². The Hall–Kier alpha value is -0.840. The molecule has 0 atom stereocenters. The van der Waals surface area contributed by atoms with Gasteiger partial charge >= 0.3 is 0 Å². The van der Waals surface area contributed by atoms with E-state index in [2.05, 4.69) is 28.7 Å². The number of halogens is 1. The summed E-state index contributed by atoms with van der Waals surface area (Å²) in [4.78, 5) is 0. The fourth-order valence-electron chi connectivity index (χ4n) is 1.53. The van der Waals surface area contributed by atoms with Gasteiger partial charge in [0.25, 0.3) is 0 Å². The zero-order valence-corrected chi connectivity index (χ0v) is 11.3. The first-order valence-corrected chi connectivity index (χ1v) is 6.43. The maximum atomic E-state index is 8.75. The summed E-state index contributed by atoms with van der Waals surface area (Å²) in [5, 5.41) is 8.75. The van der Waals surface area contributed by atoms with Gasteiger partial charge in [0.15, 0.2) is 6.29 Å². The van der Waals surface area contributed by atoms with E-state index in [9.17, 15) is 0 Å². The van der Waals surface area contributed by atoms with Crippen LogP contribution in [-0.2, 0) is 9.47 Å². The molecule has 0 amide bonds. The Balaban J connectivity index is 1.84. The van der Waals surface area contributed by atoms with Gasteiger partial charge in [0.05, 0.1) is 35.0 Å². The Kier molecular flexibility index (Phi) is 4.59. The van der Waals surface area contributed by atoms with Crippen LogP contribution in [0.5, 0.6) is 5.75 Å². The van der Waals surface area contributed by atoms with Crippen molar-refractivity contribution in [3.63, 3.8) is 0 Å². The molecule has 90 valence electrons. The number of rotatable bonds is 4. The predicted octanol–water partition coefficient (Wildman–Crippen LogP) is 2.30. The van der Waals surface area contributed by atoms with Crippen LogP contribution >= 0.6 is 22.6 Å². The van der Waals surface area contributed by atoms with Crippen molar-refractivity contribution in [1.82, 2.24) is 0 Å². The first-order valence-electron chi connectivity index (χ1n) is 5.35. The van der Waals surface area contributed by atoms with E-state index >= 15 is 0 Å². The van der Waals surface area contributed by atoms with Crippen LogP contribution in [0.25, 0.3) is 0 Å². The molecular formula is C12H12INO3. The second kappa shape index (κ2) is 6.19. The molecule has 0 N–H and O–H groups in total. The Labute approximate surface area is 114 Å². The lowest BCUT2D eigenvalue weighted by molar-refractivity contribution is -0.0531. The lowest BCUT2D eigenvalue weighted by atomic mass is 10.2. The minimum Gasteiger partial charge on any atom is -0.492 e. The highest BCUT2D eigenvalue weighted by Crippen LogP contribution is 2.22. The van der Waals surface area contributed by atoms with Crippen LogP contribution in [0.3, 0.4) is 0 Å². The molecular weight excluding hydrogens is 333 g/mol. The quantitative estimate of drug-likeness (QED) is 0.786. The van der Waals surface area contributed by atoms with Crippen LogP contribution in [0.2, 0.25) is 0 Å². The number of hydrogen-bond donors (Lipinski definition) is 0. The van der Waals surface area contributed by atoms with E-state index in [1.807, 2.05) is 6.07 Å². The summed E-state index contributed by atoms with van der Waals surface area (Å²) in [5.41, 5.74) is 0.643. The molecule has 0 unspecified atom stereocenters. The van der Waals surface area contributed by atoms with Gasteiger partial charge in [0.1, 0.15) is 5.75 Å². The minimum absolute atomic E-state index is 0.133. The first-order chi connectivity index (χ1) is 8.29. The maximum Gasteiger partial charge on any atom is 0.161 e. The smallest absolute Gasteiger partial charge is 0.161 e. The molecule has 17 heavy (non-hydrogen) atoms. The van der Waals surface area contributed by atoms with E-state index in [0.717, 1.165) is 15.7 Å². The maximum absolute atomic E-state index is 8.75. The monoisotopic (exact) mass is 345 g/mol. The van der Waals surface area contributed by atoms with E-state index < -0.39 is 0 Å². The van der Waals surface area contributed by atoms with Crippen LogP contribution in [-0.4, -0.2) is 26.1 Å². The zero-order chi connectivity index (χ0) is 12.1. The standard InChI is InChI=1S/C12H12INO3/c13-10-7-9(8-14)1-2-11(10)15-4-3-12-16-5-6-17-12/h1-2,7,12H,3-6H2. The number of benzene rings is 1.